The highest BCUT2D eigenvalue weighted by Gasteiger charge is 2.06. The second-order valence-corrected chi connectivity index (χ2v) is 5.41. The fourth-order valence-electron chi connectivity index (χ4n) is 1.38. The predicted octanol–water partition coefficient (Wildman–Crippen LogP) is 3.34. The third-order valence-electron chi connectivity index (χ3n) is 2.28. The van der Waals surface area contributed by atoms with E-state index in [-0.39, 0.29) is 15.7 Å². The third kappa shape index (κ3) is 3.28. The normalized spacial score (nSPS) is 10.6. The zero-order valence-corrected chi connectivity index (χ0v) is 11.7. The molecule has 0 radical (unpaired) electrons. The molecule has 0 bridgehead atoms. The summed E-state index contributed by atoms with van der Waals surface area (Å²) in [6, 6.07) is 9.99. The Balaban J connectivity index is 1.99. The minimum Gasteiger partial charge on any atom is -0.297 e. The van der Waals surface area contributed by atoms with E-state index in [0.717, 1.165) is 5.75 Å². The van der Waals surface area contributed by atoms with Crippen LogP contribution < -0.4 is 5.56 Å². The van der Waals surface area contributed by atoms with Gasteiger partial charge in [-0.3, -0.25) is 9.36 Å². The van der Waals surface area contributed by atoms with Gasteiger partial charge in [-0.15, -0.1) is 11.8 Å². The lowest BCUT2D eigenvalue weighted by Crippen LogP contribution is -2.22. The Bertz CT molecular complexity index is 586. The van der Waals surface area contributed by atoms with Gasteiger partial charge in [0.2, 0.25) is 0 Å². The van der Waals surface area contributed by atoms with Crippen molar-refractivity contribution in [2.75, 3.05) is 5.75 Å². The predicted molar refractivity (Wildman–Crippen MR) is 75.7 cm³/mol. The van der Waals surface area contributed by atoms with Gasteiger partial charge in [0.05, 0.1) is 6.33 Å². The van der Waals surface area contributed by atoms with Crippen LogP contribution in [0.3, 0.4) is 0 Å². The number of rotatable bonds is 4. The number of nitrogens with zero attached hydrogens (tertiary/aromatic N) is 2. The van der Waals surface area contributed by atoms with Gasteiger partial charge in [0.25, 0.3) is 5.56 Å². The van der Waals surface area contributed by atoms with Crippen molar-refractivity contribution in [2.45, 2.75) is 11.4 Å². The first kappa shape index (κ1) is 13.5. The number of hydrogen-bond acceptors (Lipinski definition) is 3. The number of thioether (sulfide) groups is 1. The van der Waals surface area contributed by atoms with Gasteiger partial charge in [-0.25, -0.2) is 4.98 Å². The van der Waals surface area contributed by atoms with Gasteiger partial charge in [-0.1, -0.05) is 41.4 Å². The van der Waals surface area contributed by atoms with Crippen LogP contribution in [0.5, 0.6) is 0 Å². The van der Waals surface area contributed by atoms with E-state index in [4.69, 9.17) is 23.2 Å². The molecule has 6 heteroatoms. The highest BCUT2D eigenvalue weighted by atomic mass is 35.5. The molecule has 18 heavy (non-hydrogen) atoms. The van der Waals surface area contributed by atoms with Crippen molar-refractivity contribution in [3.05, 3.63) is 57.2 Å². The largest absolute Gasteiger partial charge is 0.297 e. The van der Waals surface area contributed by atoms with Crippen LogP contribution in [0.2, 0.25) is 10.2 Å². The van der Waals surface area contributed by atoms with Crippen LogP contribution in [0.25, 0.3) is 0 Å². The molecule has 2 aromatic rings. The van der Waals surface area contributed by atoms with E-state index in [0.29, 0.717) is 6.54 Å². The Morgan fingerprint density at radius 1 is 1.22 bits per heavy atom. The summed E-state index contributed by atoms with van der Waals surface area (Å²) in [6.45, 7) is 0.544. The molecule has 0 unspecified atom stereocenters. The average molecular weight is 301 g/mol. The Labute approximate surface area is 119 Å². The van der Waals surface area contributed by atoms with Crippen LogP contribution in [0.4, 0.5) is 0 Å². The number of benzene rings is 1. The molecule has 1 heterocycles. The summed E-state index contributed by atoms with van der Waals surface area (Å²) in [4.78, 5) is 16.7. The summed E-state index contributed by atoms with van der Waals surface area (Å²) < 4.78 is 1.46. The Hall–Kier alpha value is -0.970. The SMILES string of the molecule is O=c1c(Cl)c(Cl)ncn1CCSc1ccccc1. The monoisotopic (exact) mass is 300 g/mol. The van der Waals surface area contributed by atoms with E-state index in [1.165, 1.54) is 15.8 Å². The van der Waals surface area contributed by atoms with Crippen molar-refractivity contribution in [1.82, 2.24) is 9.55 Å². The minimum atomic E-state index is -0.301. The van der Waals surface area contributed by atoms with Gasteiger partial charge in [-0.2, -0.15) is 0 Å². The van der Waals surface area contributed by atoms with Gasteiger partial charge >= 0.3 is 0 Å². The first-order chi connectivity index (χ1) is 8.68. The van der Waals surface area contributed by atoms with Crippen LogP contribution in [-0.4, -0.2) is 15.3 Å². The second kappa shape index (κ2) is 6.27. The Morgan fingerprint density at radius 2 is 1.94 bits per heavy atom. The maximum Gasteiger partial charge on any atom is 0.273 e. The molecular weight excluding hydrogens is 291 g/mol. The Morgan fingerprint density at radius 3 is 2.67 bits per heavy atom. The van der Waals surface area contributed by atoms with Crippen molar-refractivity contribution >= 4 is 35.0 Å². The Kier molecular flexibility index (Phi) is 4.69. The van der Waals surface area contributed by atoms with E-state index in [1.807, 2.05) is 30.3 Å². The molecule has 0 aliphatic rings. The molecule has 1 aromatic heterocycles. The molecule has 0 fully saturated rings. The highest BCUT2D eigenvalue weighted by Crippen LogP contribution is 2.17. The molecule has 0 saturated heterocycles. The first-order valence-electron chi connectivity index (χ1n) is 5.27. The molecule has 0 N–H and O–H groups in total. The summed E-state index contributed by atoms with van der Waals surface area (Å²) in [5.41, 5.74) is -0.301. The minimum absolute atomic E-state index is 0.0242. The molecule has 1 aromatic carbocycles. The zero-order chi connectivity index (χ0) is 13.0. The first-order valence-corrected chi connectivity index (χ1v) is 7.01. The highest BCUT2D eigenvalue weighted by molar-refractivity contribution is 7.99. The van der Waals surface area contributed by atoms with Crippen molar-refractivity contribution in [2.24, 2.45) is 0 Å². The second-order valence-electron chi connectivity index (χ2n) is 3.51. The van der Waals surface area contributed by atoms with Crippen molar-refractivity contribution < 1.29 is 0 Å². The summed E-state index contributed by atoms with van der Waals surface area (Å²) >= 11 is 13.1. The standard InChI is InChI=1S/C12H10Cl2N2OS/c13-10-11(14)15-8-16(12(10)17)6-7-18-9-4-2-1-3-5-9/h1-5,8H,6-7H2. The summed E-state index contributed by atoms with van der Waals surface area (Å²) in [6.07, 6.45) is 1.42. The van der Waals surface area contributed by atoms with E-state index >= 15 is 0 Å². The maximum atomic E-state index is 11.7. The summed E-state index contributed by atoms with van der Waals surface area (Å²) in [5.74, 6) is 0.767. The van der Waals surface area contributed by atoms with E-state index in [2.05, 4.69) is 4.98 Å². The van der Waals surface area contributed by atoms with Crippen LogP contribution in [0.15, 0.2) is 46.3 Å². The molecule has 2 rings (SSSR count). The van der Waals surface area contributed by atoms with Crippen LogP contribution in [0.1, 0.15) is 0 Å². The molecule has 3 nitrogen and oxygen atoms in total. The third-order valence-corrected chi connectivity index (χ3v) is 4.00. The van der Waals surface area contributed by atoms with E-state index in [1.54, 1.807) is 11.8 Å². The van der Waals surface area contributed by atoms with Gasteiger partial charge in [0, 0.05) is 17.2 Å². The van der Waals surface area contributed by atoms with E-state index < -0.39 is 0 Å². The van der Waals surface area contributed by atoms with Gasteiger partial charge in [-0.05, 0) is 12.1 Å². The molecule has 0 saturated carbocycles. The molecular formula is C12H10Cl2N2OS. The number of aryl methyl sites for hydroxylation is 1. The van der Waals surface area contributed by atoms with Crippen LogP contribution >= 0.6 is 35.0 Å². The topological polar surface area (TPSA) is 34.9 Å². The summed E-state index contributed by atoms with van der Waals surface area (Å²) in [7, 11) is 0. The molecule has 94 valence electrons. The van der Waals surface area contributed by atoms with E-state index in [9.17, 15) is 4.79 Å². The lowest BCUT2D eigenvalue weighted by molar-refractivity contribution is 0.714. The fraction of sp³-hybridized carbons (Fsp3) is 0.167. The molecule has 0 atom stereocenters. The maximum absolute atomic E-state index is 11.7. The molecule has 0 aliphatic carbocycles. The molecule has 0 aliphatic heterocycles. The van der Waals surface area contributed by atoms with Crippen molar-refractivity contribution in [1.29, 1.82) is 0 Å². The number of halogens is 2. The lowest BCUT2D eigenvalue weighted by Gasteiger charge is -2.05. The average Bonchev–Trinajstić information content (AvgIpc) is 2.40. The van der Waals surface area contributed by atoms with Crippen molar-refractivity contribution in [3.63, 3.8) is 0 Å². The quantitative estimate of drug-likeness (QED) is 0.641. The zero-order valence-electron chi connectivity index (χ0n) is 9.35. The smallest absolute Gasteiger partial charge is 0.273 e. The number of hydrogen-bond donors (Lipinski definition) is 0. The lowest BCUT2D eigenvalue weighted by atomic mass is 10.4. The molecule has 0 amide bonds. The van der Waals surface area contributed by atoms with Gasteiger partial charge < -0.3 is 0 Å². The van der Waals surface area contributed by atoms with Crippen molar-refractivity contribution in [3.8, 4) is 0 Å². The van der Waals surface area contributed by atoms with Crippen LogP contribution in [0, 0.1) is 0 Å². The van der Waals surface area contributed by atoms with Gasteiger partial charge in [0.15, 0.2) is 5.15 Å². The van der Waals surface area contributed by atoms with Crippen LogP contribution in [-0.2, 0) is 6.54 Å². The summed E-state index contributed by atoms with van der Waals surface area (Å²) in [5, 5.41) is 0.0255. The number of aromatic nitrogens is 2. The molecule has 0 spiro atoms. The van der Waals surface area contributed by atoms with Gasteiger partial charge in [0.1, 0.15) is 5.02 Å². The fourth-order valence-corrected chi connectivity index (χ4v) is 2.54.